The molecule has 2 rings (SSSR count). The number of methoxy groups -OCH3 is 1. The van der Waals surface area contributed by atoms with Crippen LogP contribution in [0.2, 0.25) is 10.0 Å². The number of carbonyl (C=O) groups excluding carboxylic acids is 2. The molecule has 0 bridgehead atoms. The fourth-order valence-corrected chi connectivity index (χ4v) is 3.09. The predicted octanol–water partition coefficient (Wildman–Crippen LogP) is 4.47. The van der Waals surface area contributed by atoms with E-state index in [2.05, 4.69) is 5.32 Å². The molecule has 2 atom stereocenters. The van der Waals surface area contributed by atoms with Crippen LogP contribution in [0.25, 0.3) is 0 Å². The minimum atomic E-state index is -0.958. The van der Waals surface area contributed by atoms with Crippen LogP contribution in [0.15, 0.2) is 42.5 Å². The molecule has 27 heavy (non-hydrogen) atoms. The molecule has 7 heteroatoms. The molecule has 144 valence electrons. The van der Waals surface area contributed by atoms with E-state index in [1.165, 1.54) is 26.2 Å². The molecule has 2 aromatic rings. The summed E-state index contributed by atoms with van der Waals surface area (Å²) >= 11 is 12.0. The van der Waals surface area contributed by atoms with E-state index in [0.717, 1.165) is 5.56 Å². The maximum absolute atomic E-state index is 12.3. The summed E-state index contributed by atoms with van der Waals surface area (Å²) in [6, 6.07) is 12.6. The van der Waals surface area contributed by atoms with Gasteiger partial charge in [-0.05, 0) is 30.5 Å². The SMILES string of the molecule is COc1c(Cl)cc(C(=O)O[C@@H](C)C(=O)NC[C@@H](C)c2ccccc2)cc1Cl. The van der Waals surface area contributed by atoms with Crippen molar-refractivity contribution in [3.63, 3.8) is 0 Å². The molecule has 0 saturated carbocycles. The quantitative estimate of drug-likeness (QED) is 0.685. The van der Waals surface area contributed by atoms with Crippen molar-refractivity contribution in [2.75, 3.05) is 13.7 Å². The molecule has 0 fully saturated rings. The molecule has 5 nitrogen and oxygen atoms in total. The average Bonchev–Trinajstić information content (AvgIpc) is 2.66. The Labute approximate surface area is 168 Å². The third kappa shape index (κ3) is 5.62. The monoisotopic (exact) mass is 409 g/mol. The summed E-state index contributed by atoms with van der Waals surface area (Å²) in [4.78, 5) is 24.5. The number of benzene rings is 2. The Bertz CT molecular complexity index is 788. The topological polar surface area (TPSA) is 64.6 Å². The highest BCUT2D eigenvalue weighted by Crippen LogP contribution is 2.34. The van der Waals surface area contributed by atoms with E-state index in [1.54, 1.807) is 0 Å². The number of amides is 1. The highest BCUT2D eigenvalue weighted by molar-refractivity contribution is 6.37. The molecule has 0 heterocycles. The molecule has 1 N–H and O–H groups in total. The molecule has 0 saturated heterocycles. The third-order valence-electron chi connectivity index (χ3n) is 4.04. The van der Waals surface area contributed by atoms with Crippen LogP contribution in [0, 0.1) is 0 Å². The average molecular weight is 410 g/mol. The first-order chi connectivity index (χ1) is 12.8. The van der Waals surface area contributed by atoms with Crippen molar-refractivity contribution in [3.05, 3.63) is 63.6 Å². The zero-order chi connectivity index (χ0) is 20.0. The van der Waals surface area contributed by atoms with Crippen LogP contribution in [0.1, 0.15) is 35.7 Å². The van der Waals surface area contributed by atoms with Gasteiger partial charge in [-0.25, -0.2) is 4.79 Å². The molecule has 0 unspecified atom stereocenters. The lowest BCUT2D eigenvalue weighted by Crippen LogP contribution is -2.37. The first-order valence-electron chi connectivity index (χ1n) is 8.40. The molecular formula is C20H21Cl2NO4. The van der Waals surface area contributed by atoms with E-state index in [9.17, 15) is 9.59 Å². The van der Waals surface area contributed by atoms with Gasteiger partial charge < -0.3 is 14.8 Å². The number of hydrogen-bond acceptors (Lipinski definition) is 4. The van der Waals surface area contributed by atoms with Crippen molar-refractivity contribution in [3.8, 4) is 5.75 Å². The second-order valence-electron chi connectivity index (χ2n) is 6.08. The smallest absolute Gasteiger partial charge is 0.339 e. The fourth-order valence-electron chi connectivity index (χ4n) is 2.45. The first-order valence-corrected chi connectivity index (χ1v) is 9.15. The van der Waals surface area contributed by atoms with E-state index >= 15 is 0 Å². The molecule has 0 spiro atoms. The lowest BCUT2D eigenvalue weighted by molar-refractivity contribution is -0.129. The Morgan fingerprint density at radius 1 is 1.07 bits per heavy atom. The van der Waals surface area contributed by atoms with Gasteiger partial charge >= 0.3 is 5.97 Å². The largest absolute Gasteiger partial charge is 0.494 e. The number of hydrogen-bond donors (Lipinski definition) is 1. The Morgan fingerprint density at radius 3 is 2.22 bits per heavy atom. The van der Waals surface area contributed by atoms with Crippen molar-refractivity contribution >= 4 is 35.1 Å². The minimum absolute atomic E-state index is 0.136. The van der Waals surface area contributed by atoms with Crippen molar-refractivity contribution in [1.29, 1.82) is 0 Å². The van der Waals surface area contributed by atoms with E-state index in [-0.39, 0.29) is 33.2 Å². The number of nitrogens with one attached hydrogen (secondary N) is 1. The van der Waals surface area contributed by atoms with Gasteiger partial charge in [-0.2, -0.15) is 0 Å². The van der Waals surface area contributed by atoms with Crippen LogP contribution in [0.4, 0.5) is 0 Å². The maximum Gasteiger partial charge on any atom is 0.339 e. The molecule has 0 aliphatic rings. The zero-order valence-electron chi connectivity index (χ0n) is 15.3. The van der Waals surface area contributed by atoms with Crippen molar-refractivity contribution in [2.24, 2.45) is 0 Å². The summed E-state index contributed by atoms with van der Waals surface area (Å²) in [7, 11) is 1.42. The van der Waals surface area contributed by atoms with E-state index in [0.29, 0.717) is 6.54 Å². The number of carbonyl (C=O) groups is 2. The lowest BCUT2D eigenvalue weighted by Gasteiger charge is -2.17. The van der Waals surface area contributed by atoms with Crippen LogP contribution < -0.4 is 10.1 Å². The summed E-state index contributed by atoms with van der Waals surface area (Å²) < 4.78 is 10.3. The summed E-state index contributed by atoms with van der Waals surface area (Å²) in [6.45, 7) is 3.95. The van der Waals surface area contributed by atoms with Gasteiger partial charge in [0.1, 0.15) is 0 Å². The Morgan fingerprint density at radius 2 is 1.67 bits per heavy atom. The molecule has 1 amide bonds. The van der Waals surface area contributed by atoms with Gasteiger partial charge in [0.25, 0.3) is 5.91 Å². The van der Waals surface area contributed by atoms with Crippen LogP contribution in [-0.4, -0.2) is 31.6 Å². The maximum atomic E-state index is 12.3. The van der Waals surface area contributed by atoms with E-state index in [4.69, 9.17) is 32.7 Å². The Kier molecular flexibility index (Phi) is 7.51. The van der Waals surface area contributed by atoms with Crippen LogP contribution >= 0.6 is 23.2 Å². The first kappa shape index (κ1) is 21.1. The van der Waals surface area contributed by atoms with Gasteiger partial charge in [-0.3, -0.25) is 4.79 Å². The van der Waals surface area contributed by atoms with Gasteiger partial charge in [-0.15, -0.1) is 0 Å². The van der Waals surface area contributed by atoms with Crippen LogP contribution in [0.5, 0.6) is 5.75 Å². The predicted molar refractivity (Wildman–Crippen MR) is 106 cm³/mol. The Hall–Kier alpha value is -2.24. The molecule has 0 radical (unpaired) electrons. The molecule has 0 aliphatic heterocycles. The number of esters is 1. The van der Waals surface area contributed by atoms with Gasteiger partial charge in [0.15, 0.2) is 11.9 Å². The van der Waals surface area contributed by atoms with E-state index < -0.39 is 12.1 Å². The second-order valence-corrected chi connectivity index (χ2v) is 6.89. The minimum Gasteiger partial charge on any atom is -0.494 e. The summed E-state index contributed by atoms with van der Waals surface area (Å²) in [5, 5.41) is 3.16. The molecule has 0 aliphatic carbocycles. The van der Waals surface area contributed by atoms with Gasteiger partial charge in [-0.1, -0.05) is 60.5 Å². The van der Waals surface area contributed by atoms with Gasteiger partial charge in [0.05, 0.1) is 22.7 Å². The Balaban J connectivity index is 1.93. The highest BCUT2D eigenvalue weighted by Gasteiger charge is 2.21. The lowest BCUT2D eigenvalue weighted by atomic mass is 10.0. The van der Waals surface area contributed by atoms with E-state index in [1.807, 2.05) is 37.3 Å². The summed E-state index contributed by atoms with van der Waals surface area (Å²) in [5.41, 5.74) is 1.26. The number of ether oxygens (including phenoxy) is 2. The van der Waals surface area contributed by atoms with Crippen molar-refractivity contribution in [1.82, 2.24) is 5.32 Å². The van der Waals surface area contributed by atoms with Crippen LogP contribution in [-0.2, 0) is 9.53 Å². The highest BCUT2D eigenvalue weighted by atomic mass is 35.5. The number of halogens is 2. The standard InChI is InChI=1S/C20H21Cl2NO4/c1-12(14-7-5-4-6-8-14)11-23-19(24)13(2)27-20(25)15-9-16(21)18(26-3)17(22)10-15/h4-10,12-13H,11H2,1-3H3,(H,23,24)/t12-,13+/m1/s1. The zero-order valence-corrected chi connectivity index (χ0v) is 16.8. The summed E-state index contributed by atoms with van der Waals surface area (Å²) in [5.74, 6) is -0.662. The molecule has 0 aromatic heterocycles. The third-order valence-corrected chi connectivity index (χ3v) is 4.60. The molecular weight excluding hydrogens is 389 g/mol. The second kappa shape index (κ2) is 9.62. The van der Waals surface area contributed by atoms with Crippen molar-refractivity contribution < 1.29 is 19.1 Å². The fraction of sp³-hybridized carbons (Fsp3) is 0.300. The molecule has 2 aromatic carbocycles. The summed E-state index contributed by atoms with van der Waals surface area (Å²) in [6.07, 6.45) is -0.958. The number of rotatable bonds is 7. The van der Waals surface area contributed by atoms with Crippen LogP contribution in [0.3, 0.4) is 0 Å². The normalized spacial score (nSPS) is 12.8. The van der Waals surface area contributed by atoms with Crippen molar-refractivity contribution in [2.45, 2.75) is 25.9 Å². The van der Waals surface area contributed by atoms with Gasteiger partial charge in [0, 0.05) is 6.54 Å². The van der Waals surface area contributed by atoms with Gasteiger partial charge in [0.2, 0.25) is 0 Å².